The Hall–Kier alpha value is -1.42. The highest BCUT2D eigenvalue weighted by atomic mass is 16.5. The van der Waals surface area contributed by atoms with E-state index in [1.54, 1.807) is 14.2 Å². The molecule has 0 bridgehead atoms. The highest BCUT2D eigenvalue weighted by molar-refractivity contribution is 5.73. The van der Waals surface area contributed by atoms with E-state index in [-0.39, 0.29) is 0 Å². The van der Waals surface area contributed by atoms with Gasteiger partial charge in [0.1, 0.15) is 5.75 Å². The molecule has 1 aliphatic heterocycles. The Morgan fingerprint density at radius 3 is 2.94 bits per heavy atom. The molecule has 0 aliphatic carbocycles. The van der Waals surface area contributed by atoms with Crippen LogP contribution in [0.5, 0.6) is 5.75 Å². The van der Waals surface area contributed by atoms with Crippen LogP contribution in [0.3, 0.4) is 0 Å². The van der Waals surface area contributed by atoms with E-state index >= 15 is 0 Å². The molecule has 17 heavy (non-hydrogen) atoms. The molecule has 0 spiro atoms. The second-order valence-electron chi connectivity index (χ2n) is 4.27. The third-order valence-corrected chi connectivity index (χ3v) is 3.03. The van der Waals surface area contributed by atoms with Gasteiger partial charge in [0.2, 0.25) is 0 Å². The van der Waals surface area contributed by atoms with Crippen LogP contribution in [0, 0.1) is 0 Å². The molecule has 1 aromatic rings. The van der Waals surface area contributed by atoms with Crippen LogP contribution in [0.4, 0.5) is 11.4 Å². The lowest BCUT2D eigenvalue weighted by atomic mass is 10.1. The van der Waals surface area contributed by atoms with Gasteiger partial charge in [-0.15, -0.1) is 0 Å². The van der Waals surface area contributed by atoms with Crippen LogP contribution >= 0.6 is 0 Å². The maximum absolute atomic E-state index is 5.23. The average molecular weight is 236 g/mol. The van der Waals surface area contributed by atoms with Gasteiger partial charge in [0.05, 0.1) is 18.5 Å². The van der Waals surface area contributed by atoms with E-state index in [1.807, 2.05) is 18.2 Å². The number of nitrogens with one attached hydrogen (secondary N) is 2. The summed E-state index contributed by atoms with van der Waals surface area (Å²) in [4.78, 5) is 0. The fraction of sp³-hybridized carbons (Fsp3) is 0.538. The second kappa shape index (κ2) is 5.77. The van der Waals surface area contributed by atoms with Crippen molar-refractivity contribution < 1.29 is 9.47 Å². The average Bonchev–Trinajstić information content (AvgIpc) is 2.38. The van der Waals surface area contributed by atoms with Crippen LogP contribution in [0.2, 0.25) is 0 Å². The minimum atomic E-state index is 0.463. The Morgan fingerprint density at radius 2 is 2.18 bits per heavy atom. The monoisotopic (exact) mass is 236 g/mol. The first-order chi connectivity index (χ1) is 8.33. The third-order valence-electron chi connectivity index (χ3n) is 3.03. The second-order valence-corrected chi connectivity index (χ2v) is 4.27. The van der Waals surface area contributed by atoms with E-state index in [2.05, 4.69) is 10.6 Å². The zero-order valence-corrected chi connectivity index (χ0v) is 10.5. The van der Waals surface area contributed by atoms with Crippen molar-refractivity contribution in [1.82, 2.24) is 0 Å². The van der Waals surface area contributed by atoms with E-state index in [1.165, 1.54) is 0 Å². The molecule has 0 fully saturated rings. The molecule has 1 atom stereocenters. The van der Waals surface area contributed by atoms with Crippen LogP contribution in [0.15, 0.2) is 18.2 Å². The molecule has 1 aromatic carbocycles. The first-order valence-corrected chi connectivity index (χ1v) is 6.01. The van der Waals surface area contributed by atoms with Crippen LogP contribution in [0.1, 0.15) is 12.8 Å². The smallest absolute Gasteiger partial charge is 0.121 e. The predicted molar refractivity (Wildman–Crippen MR) is 70.0 cm³/mol. The van der Waals surface area contributed by atoms with Crippen LogP contribution < -0.4 is 15.4 Å². The van der Waals surface area contributed by atoms with Crippen molar-refractivity contribution in [3.63, 3.8) is 0 Å². The molecule has 0 saturated heterocycles. The molecular weight excluding hydrogens is 216 g/mol. The molecule has 1 aliphatic rings. The summed E-state index contributed by atoms with van der Waals surface area (Å²) in [5, 5.41) is 6.96. The van der Waals surface area contributed by atoms with Gasteiger partial charge in [-0.3, -0.25) is 0 Å². The number of anilines is 2. The van der Waals surface area contributed by atoms with Gasteiger partial charge in [0.15, 0.2) is 0 Å². The van der Waals surface area contributed by atoms with E-state index in [4.69, 9.17) is 9.47 Å². The van der Waals surface area contributed by atoms with E-state index < -0.39 is 0 Å². The van der Waals surface area contributed by atoms with Gasteiger partial charge >= 0.3 is 0 Å². The zero-order chi connectivity index (χ0) is 12.1. The number of fused-ring (bicyclic) bond motifs is 1. The Balaban J connectivity index is 1.96. The first kappa shape index (κ1) is 12.0. The molecule has 0 amide bonds. The molecular formula is C13H20N2O2. The summed E-state index contributed by atoms with van der Waals surface area (Å²) in [6, 6.07) is 6.51. The SMILES string of the molecule is COCCCC1CNc2ccc(OC)cc2N1. The van der Waals surface area contributed by atoms with E-state index in [0.717, 1.165) is 43.1 Å². The van der Waals surface area contributed by atoms with Crippen LogP contribution in [0.25, 0.3) is 0 Å². The fourth-order valence-electron chi connectivity index (χ4n) is 2.08. The molecule has 0 radical (unpaired) electrons. The molecule has 94 valence electrons. The molecule has 4 heteroatoms. The van der Waals surface area contributed by atoms with Crippen molar-refractivity contribution >= 4 is 11.4 Å². The topological polar surface area (TPSA) is 42.5 Å². The van der Waals surface area contributed by atoms with Crippen molar-refractivity contribution in [2.45, 2.75) is 18.9 Å². The fourth-order valence-corrected chi connectivity index (χ4v) is 2.08. The van der Waals surface area contributed by atoms with Crippen LogP contribution in [-0.4, -0.2) is 33.4 Å². The minimum Gasteiger partial charge on any atom is -0.497 e. The van der Waals surface area contributed by atoms with Crippen molar-refractivity contribution in [1.29, 1.82) is 0 Å². The summed E-state index contributed by atoms with van der Waals surface area (Å²) in [5.41, 5.74) is 2.27. The number of hydrogen-bond donors (Lipinski definition) is 2. The molecule has 0 saturated carbocycles. The summed E-state index contributed by atoms with van der Waals surface area (Å²) in [6.45, 7) is 1.78. The Morgan fingerprint density at radius 1 is 1.29 bits per heavy atom. The van der Waals surface area contributed by atoms with Gasteiger partial charge < -0.3 is 20.1 Å². The lowest BCUT2D eigenvalue weighted by Crippen LogP contribution is -2.33. The van der Waals surface area contributed by atoms with Gasteiger partial charge in [-0.1, -0.05) is 0 Å². The van der Waals surface area contributed by atoms with Gasteiger partial charge in [-0.05, 0) is 25.0 Å². The summed E-state index contributed by atoms with van der Waals surface area (Å²) >= 11 is 0. The van der Waals surface area contributed by atoms with Gasteiger partial charge in [-0.2, -0.15) is 0 Å². The maximum atomic E-state index is 5.23. The Kier molecular flexibility index (Phi) is 4.09. The highest BCUT2D eigenvalue weighted by Gasteiger charge is 2.16. The summed E-state index contributed by atoms with van der Waals surface area (Å²) < 4.78 is 10.3. The highest BCUT2D eigenvalue weighted by Crippen LogP contribution is 2.30. The summed E-state index contributed by atoms with van der Waals surface area (Å²) in [6.07, 6.45) is 2.19. The lowest BCUT2D eigenvalue weighted by Gasteiger charge is -2.28. The Labute approximate surface area is 102 Å². The summed E-state index contributed by atoms with van der Waals surface area (Å²) in [7, 11) is 3.43. The Bertz CT molecular complexity index is 368. The van der Waals surface area contributed by atoms with Crippen molar-refractivity contribution in [3.8, 4) is 5.75 Å². The molecule has 2 rings (SSSR count). The summed E-state index contributed by atoms with van der Waals surface area (Å²) in [5.74, 6) is 0.885. The molecule has 4 nitrogen and oxygen atoms in total. The third kappa shape index (κ3) is 3.03. The molecule has 2 N–H and O–H groups in total. The maximum Gasteiger partial charge on any atom is 0.121 e. The number of benzene rings is 1. The molecule has 0 aromatic heterocycles. The number of methoxy groups -OCH3 is 2. The normalized spacial score (nSPS) is 17.9. The van der Waals surface area contributed by atoms with Crippen molar-refractivity contribution in [3.05, 3.63) is 18.2 Å². The minimum absolute atomic E-state index is 0.463. The van der Waals surface area contributed by atoms with E-state index in [0.29, 0.717) is 6.04 Å². The molecule has 1 unspecified atom stereocenters. The van der Waals surface area contributed by atoms with Gasteiger partial charge in [-0.25, -0.2) is 0 Å². The van der Waals surface area contributed by atoms with Gasteiger partial charge in [0, 0.05) is 32.4 Å². The standard InChI is InChI=1S/C13H20N2O2/c1-16-7-3-4-10-9-14-12-6-5-11(17-2)8-13(12)15-10/h5-6,8,10,14-15H,3-4,7,9H2,1-2H3. The first-order valence-electron chi connectivity index (χ1n) is 6.01. The number of ether oxygens (including phenoxy) is 2. The largest absolute Gasteiger partial charge is 0.497 e. The zero-order valence-electron chi connectivity index (χ0n) is 10.5. The number of rotatable bonds is 5. The van der Waals surface area contributed by atoms with Crippen LogP contribution in [-0.2, 0) is 4.74 Å². The van der Waals surface area contributed by atoms with Crippen molar-refractivity contribution in [2.24, 2.45) is 0 Å². The molecule has 1 heterocycles. The van der Waals surface area contributed by atoms with Gasteiger partial charge in [0.25, 0.3) is 0 Å². The van der Waals surface area contributed by atoms with Crippen molar-refractivity contribution in [2.75, 3.05) is 38.0 Å². The predicted octanol–water partition coefficient (Wildman–Crippen LogP) is 2.33. The lowest BCUT2D eigenvalue weighted by molar-refractivity contribution is 0.191. The van der Waals surface area contributed by atoms with E-state index in [9.17, 15) is 0 Å². The quantitative estimate of drug-likeness (QED) is 0.770. The number of hydrogen-bond acceptors (Lipinski definition) is 4.